The van der Waals surface area contributed by atoms with Crippen LogP contribution in [0.2, 0.25) is 5.02 Å². The number of rotatable bonds is 7. The number of hydrogen-bond donors (Lipinski definition) is 1. The summed E-state index contributed by atoms with van der Waals surface area (Å²) in [5.74, 6) is 0.542. The maximum atomic E-state index is 11.8. The van der Waals surface area contributed by atoms with E-state index in [-0.39, 0.29) is 6.61 Å². The summed E-state index contributed by atoms with van der Waals surface area (Å²) in [5.41, 5.74) is 0.789. The minimum atomic E-state index is -4.27. The number of benzene rings is 1. The summed E-state index contributed by atoms with van der Waals surface area (Å²) in [7, 11) is 1.51. The molecule has 1 N–H and O–H groups in total. The first-order valence-electron chi connectivity index (χ1n) is 5.64. The SMILES string of the molecule is COc1cc(NCCCOCC(F)(F)F)ccc1Cl. The van der Waals surface area contributed by atoms with Crippen LogP contribution < -0.4 is 10.1 Å². The Morgan fingerprint density at radius 3 is 2.68 bits per heavy atom. The highest BCUT2D eigenvalue weighted by atomic mass is 35.5. The first-order chi connectivity index (χ1) is 8.92. The number of alkyl halides is 3. The summed E-state index contributed by atoms with van der Waals surface area (Å²) in [6.07, 6.45) is -3.79. The Labute approximate surface area is 114 Å². The van der Waals surface area contributed by atoms with Crippen LogP contribution in [0.25, 0.3) is 0 Å². The lowest BCUT2D eigenvalue weighted by Gasteiger charge is -2.10. The van der Waals surface area contributed by atoms with Crippen molar-refractivity contribution in [3.63, 3.8) is 0 Å². The van der Waals surface area contributed by atoms with Gasteiger partial charge in [-0.1, -0.05) is 11.6 Å². The van der Waals surface area contributed by atoms with Gasteiger partial charge in [0.15, 0.2) is 0 Å². The normalized spacial score (nSPS) is 11.4. The van der Waals surface area contributed by atoms with Crippen LogP contribution in [0.15, 0.2) is 18.2 Å². The quantitative estimate of drug-likeness (QED) is 0.778. The molecule has 0 atom stereocenters. The van der Waals surface area contributed by atoms with Crippen molar-refractivity contribution >= 4 is 17.3 Å². The Morgan fingerprint density at radius 2 is 2.05 bits per heavy atom. The highest BCUT2D eigenvalue weighted by molar-refractivity contribution is 6.32. The van der Waals surface area contributed by atoms with Crippen LogP contribution in [0.3, 0.4) is 0 Å². The van der Waals surface area contributed by atoms with Crippen LogP contribution in [0, 0.1) is 0 Å². The molecular formula is C12H15ClF3NO2. The van der Waals surface area contributed by atoms with Gasteiger partial charge in [-0.25, -0.2) is 0 Å². The van der Waals surface area contributed by atoms with Crippen molar-refractivity contribution in [2.75, 3.05) is 32.2 Å². The Kier molecular flexibility index (Phi) is 6.24. The highest BCUT2D eigenvalue weighted by Gasteiger charge is 2.27. The fourth-order valence-corrected chi connectivity index (χ4v) is 1.56. The monoisotopic (exact) mass is 297 g/mol. The topological polar surface area (TPSA) is 30.5 Å². The van der Waals surface area contributed by atoms with E-state index in [0.717, 1.165) is 5.69 Å². The molecule has 0 aliphatic rings. The Balaban J connectivity index is 2.23. The average Bonchev–Trinajstić information content (AvgIpc) is 2.34. The zero-order valence-corrected chi connectivity index (χ0v) is 11.1. The highest BCUT2D eigenvalue weighted by Crippen LogP contribution is 2.27. The van der Waals surface area contributed by atoms with Crippen molar-refractivity contribution in [1.82, 2.24) is 0 Å². The molecule has 1 rings (SSSR count). The predicted molar refractivity (Wildman–Crippen MR) is 68.0 cm³/mol. The van der Waals surface area contributed by atoms with Gasteiger partial charge in [0, 0.05) is 24.9 Å². The fraction of sp³-hybridized carbons (Fsp3) is 0.500. The molecule has 0 saturated carbocycles. The van der Waals surface area contributed by atoms with E-state index in [1.807, 2.05) is 0 Å². The zero-order chi connectivity index (χ0) is 14.3. The van der Waals surface area contributed by atoms with Crippen molar-refractivity contribution in [1.29, 1.82) is 0 Å². The van der Waals surface area contributed by atoms with E-state index in [9.17, 15) is 13.2 Å². The number of nitrogens with one attached hydrogen (secondary N) is 1. The van der Waals surface area contributed by atoms with Crippen molar-refractivity contribution in [3.8, 4) is 5.75 Å². The average molecular weight is 298 g/mol. The van der Waals surface area contributed by atoms with Gasteiger partial charge in [0.2, 0.25) is 0 Å². The molecule has 19 heavy (non-hydrogen) atoms. The molecule has 0 unspecified atom stereocenters. The van der Waals surface area contributed by atoms with Crippen molar-refractivity contribution in [2.24, 2.45) is 0 Å². The van der Waals surface area contributed by atoms with Gasteiger partial charge in [0.1, 0.15) is 12.4 Å². The maximum absolute atomic E-state index is 11.8. The standard InChI is InChI=1S/C12H15ClF3NO2/c1-18-11-7-9(3-4-10(11)13)17-5-2-6-19-8-12(14,15)16/h3-4,7,17H,2,5-6,8H2,1H3. The summed E-state index contributed by atoms with van der Waals surface area (Å²) in [6.45, 7) is -0.651. The summed E-state index contributed by atoms with van der Waals surface area (Å²) in [6, 6.07) is 5.17. The van der Waals surface area contributed by atoms with E-state index in [1.54, 1.807) is 18.2 Å². The number of hydrogen-bond acceptors (Lipinski definition) is 3. The maximum Gasteiger partial charge on any atom is 0.411 e. The molecular weight excluding hydrogens is 283 g/mol. The van der Waals surface area contributed by atoms with Crippen LogP contribution in [0.5, 0.6) is 5.75 Å². The number of methoxy groups -OCH3 is 1. The predicted octanol–water partition coefficient (Wildman–Crippen LogP) is 3.73. The van der Waals surface area contributed by atoms with E-state index in [1.165, 1.54) is 7.11 Å². The molecule has 7 heteroatoms. The zero-order valence-electron chi connectivity index (χ0n) is 10.4. The molecule has 0 fully saturated rings. The lowest BCUT2D eigenvalue weighted by Crippen LogP contribution is -2.18. The molecule has 0 aromatic heterocycles. The van der Waals surface area contributed by atoms with Crippen LogP contribution >= 0.6 is 11.6 Å². The summed E-state index contributed by atoms with van der Waals surface area (Å²) in [5, 5.41) is 3.55. The molecule has 3 nitrogen and oxygen atoms in total. The van der Waals surface area contributed by atoms with Gasteiger partial charge < -0.3 is 14.8 Å². The molecule has 0 spiro atoms. The van der Waals surface area contributed by atoms with Crippen LogP contribution in [-0.4, -0.2) is 33.0 Å². The third kappa shape index (κ3) is 6.54. The molecule has 0 radical (unpaired) electrons. The van der Waals surface area contributed by atoms with Gasteiger partial charge >= 0.3 is 6.18 Å². The second kappa shape index (κ2) is 7.45. The van der Waals surface area contributed by atoms with Gasteiger partial charge in [-0.3, -0.25) is 0 Å². The molecule has 0 aliphatic heterocycles. The molecule has 1 aromatic carbocycles. The summed E-state index contributed by atoms with van der Waals surface area (Å²) in [4.78, 5) is 0. The van der Waals surface area contributed by atoms with E-state index in [0.29, 0.717) is 23.7 Å². The van der Waals surface area contributed by atoms with Gasteiger partial charge in [-0.2, -0.15) is 13.2 Å². The molecule has 1 aromatic rings. The summed E-state index contributed by atoms with van der Waals surface area (Å²) >= 11 is 5.86. The molecule has 0 heterocycles. The Hall–Kier alpha value is -1.14. The number of anilines is 1. The molecule has 0 saturated heterocycles. The number of ether oxygens (including phenoxy) is 2. The third-order valence-corrected chi connectivity index (χ3v) is 2.52. The van der Waals surface area contributed by atoms with E-state index in [2.05, 4.69) is 10.1 Å². The van der Waals surface area contributed by atoms with Crippen LogP contribution in [0.1, 0.15) is 6.42 Å². The largest absolute Gasteiger partial charge is 0.495 e. The van der Waals surface area contributed by atoms with Crippen LogP contribution in [-0.2, 0) is 4.74 Å². The third-order valence-electron chi connectivity index (χ3n) is 2.21. The van der Waals surface area contributed by atoms with E-state index >= 15 is 0 Å². The van der Waals surface area contributed by atoms with Crippen molar-refractivity contribution in [2.45, 2.75) is 12.6 Å². The molecule has 0 bridgehead atoms. The first-order valence-corrected chi connectivity index (χ1v) is 6.02. The summed E-state index contributed by atoms with van der Waals surface area (Å²) < 4.78 is 44.9. The minimum Gasteiger partial charge on any atom is -0.495 e. The Morgan fingerprint density at radius 1 is 1.32 bits per heavy atom. The smallest absolute Gasteiger partial charge is 0.411 e. The van der Waals surface area contributed by atoms with Gasteiger partial charge in [-0.05, 0) is 18.6 Å². The Bertz CT molecular complexity index is 399. The van der Waals surface area contributed by atoms with Crippen molar-refractivity contribution < 1.29 is 22.6 Å². The molecule has 0 amide bonds. The molecule has 0 aliphatic carbocycles. The van der Waals surface area contributed by atoms with Gasteiger partial charge in [0.25, 0.3) is 0 Å². The number of halogens is 4. The molecule has 108 valence electrons. The first kappa shape index (κ1) is 15.9. The van der Waals surface area contributed by atoms with Crippen LogP contribution in [0.4, 0.5) is 18.9 Å². The van der Waals surface area contributed by atoms with Gasteiger partial charge in [-0.15, -0.1) is 0 Å². The second-order valence-electron chi connectivity index (χ2n) is 3.80. The van der Waals surface area contributed by atoms with E-state index < -0.39 is 12.8 Å². The van der Waals surface area contributed by atoms with E-state index in [4.69, 9.17) is 16.3 Å². The fourth-order valence-electron chi connectivity index (χ4n) is 1.36. The second-order valence-corrected chi connectivity index (χ2v) is 4.20. The van der Waals surface area contributed by atoms with Gasteiger partial charge in [0.05, 0.1) is 12.1 Å². The minimum absolute atomic E-state index is 0.0528. The lowest BCUT2D eigenvalue weighted by molar-refractivity contribution is -0.173. The lowest BCUT2D eigenvalue weighted by atomic mass is 10.3. The van der Waals surface area contributed by atoms with Crippen molar-refractivity contribution in [3.05, 3.63) is 23.2 Å².